The number of piperazine rings is 1. The Morgan fingerprint density at radius 3 is 2.28 bits per heavy atom. The summed E-state index contributed by atoms with van der Waals surface area (Å²) in [4.78, 5) is 24.9. The van der Waals surface area contributed by atoms with E-state index in [0.717, 1.165) is 24.6 Å². The van der Waals surface area contributed by atoms with Gasteiger partial charge in [0.25, 0.3) is 0 Å². The number of hydrogen-bond acceptors (Lipinski definition) is 5. The van der Waals surface area contributed by atoms with Gasteiger partial charge in [-0.15, -0.1) is 0 Å². The fraction of sp³-hybridized carbons (Fsp3) is 0.421. The fourth-order valence-corrected chi connectivity index (χ4v) is 2.75. The van der Waals surface area contributed by atoms with Crippen molar-refractivity contribution in [2.24, 2.45) is 0 Å². The van der Waals surface area contributed by atoms with Crippen LogP contribution in [-0.2, 0) is 0 Å². The molecule has 1 amide bonds. The SMILES string of the molecule is Cc1cnc(N2CCN(C(=O)Oc3ccc(C(C)C)cc3)CC2)cn1. The molecule has 1 fully saturated rings. The minimum atomic E-state index is -0.299. The van der Waals surface area contributed by atoms with E-state index in [1.54, 1.807) is 17.3 Å². The van der Waals surface area contributed by atoms with Crippen molar-refractivity contribution in [2.45, 2.75) is 26.7 Å². The van der Waals surface area contributed by atoms with Crippen molar-refractivity contribution in [2.75, 3.05) is 31.1 Å². The summed E-state index contributed by atoms with van der Waals surface area (Å²) in [6.45, 7) is 8.85. The molecule has 0 saturated carbocycles. The molecule has 1 aliphatic rings. The zero-order valence-corrected chi connectivity index (χ0v) is 15.0. The normalized spacial score (nSPS) is 14.7. The van der Waals surface area contributed by atoms with Gasteiger partial charge in [-0.2, -0.15) is 0 Å². The zero-order chi connectivity index (χ0) is 17.8. The topological polar surface area (TPSA) is 58.6 Å². The van der Waals surface area contributed by atoms with Crippen LogP contribution in [-0.4, -0.2) is 47.1 Å². The van der Waals surface area contributed by atoms with Crippen LogP contribution >= 0.6 is 0 Å². The van der Waals surface area contributed by atoms with E-state index in [9.17, 15) is 4.79 Å². The molecule has 2 heterocycles. The molecule has 132 valence electrons. The van der Waals surface area contributed by atoms with Gasteiger partial charge in [-0.1, -0.05) is 26.0 Å². The molecule has 0 spiro atoms. The Bertz CT molecular complexity index is 705. The van der Waals surface area contributed by atoms with E-state index in [-0.39, 0.29) is 6.09 Å². The van der Waals surface area contributed by atoms with Crippen LogP contribution in [0, 0.1) is 6.92 Å². The van der Waals surface area contributed by atoms with Gasteiger partial charge in [-0.3, -0.25) is 4.98 Å². The molecule has 1 aromatic heterocycles. The molecule has 1 aliphatic heterocycles. The Kier molecular flexibility index (Phi) is 5.16. The maximum Gasteiger partial charge on any atom is 0.415 e. The number of amides is 1. The second-order valence-electron chi connectivity index (χ2n) is 6.58. The van der Waals surface area contributed by atoms with Crippen LogP contribution < -0.4 is 9.64 Å². The molecule has 2 aromatic rings. The summed E-state index contributed by atoms with van der Waals surface area (Å²) < 4.78 is 5.49. The van der Waals surface area contributed by atoms with E-state index in [1.165, 1.54) is 5.56 Å². The number of anilines is 1. The van der Waals surface area contributed by atoms with Crippen molar-refractivity contribution in [1.29, 1.82) is 0 Å². The van der Waals surface area contributed by atoms with Gasteiger partial charge in [0.1, 0.15) is 11.6 Å². The lowest BCUT2D eigenvalue weighted by Crippen LogP contribution is -2.49. The number of aryl methyl sites for hydroxylation is 1. The summed E-state index contributed by atoms with van der Waals surface area (Å²) in [5, 5.41) is 0. The number of hydrogen-bond donors (Lipinski definition) is 0. The average Bonchev–Trinajstić information content (AvgIpc) is 2.63. The summed E-state index contributed by atoms with van der Waals surface area (Å²) in [5.41, 5.74) is 2.13. The van der Waals surface area contributed by atoms with Crippen molar-refractivity contribution < 1.29 is 9.53 Å². The number of benzene rings is 1. The molecule has 0 radical (unpaired) electrons. The Morgan fingerprint density at radius 1 is 1.04 bits per heavy atom. The van der Waals surface area contributed by atoms with Crippen LogP contribution in [0.3, 0.4) is 0 Å². The van der Waals surface area contributed by atoms with Crippen LogP contribution in [0.1, 0.15) is 31.0 Å². The van der Waals surface area contributed by atoms with E-state index >= 15 is 0 Å². The lowest BCUT2D eigenvalue weighted by atomic mass is 10.0. The molecule has 0 bridgehead atoms. The largest absolute Gasteiger partial charge is 0.415 e. The minimum Gasteiger partial charge on any atom is -0.410 e. The maximum absolute atomic E-state index is 12.3. The van der Waals surface area contributed by atoms with Crippen molar-refractivity contribution in [1.82, 2.24) is 14.9 Å². The molecule has 0 atom stereocenters. The van der Waals surface area contributed by atoms with E-state index in [1.807, 2.05) is 31.2 Å². The van der Waals surface area contributed by atoms with Crippen molar-refractivity contribution in [3.8, 4) is 5.75 Å². The molecule has 3 rings (SSSR count). The molecule has 6 heteroatoms. The highest BCUT2D eigenvalue weighted by molar-refractivity contribution is 5.71. The summed E-state index contributed by atoms with van der Waals surface area (Å²) in [6, 6.07) is 7.71. The molecule has 0 unspecified atom stereocenters. The van der Waals surface area contributed by atoms with E-state index in [0.29, 0.717) is 24.8 Å². The predicted molar refractivity (Wildman–Crippen MR) is 97.1 cm³/mol. The molecule has 1 aromatic carbocycles. The highest BCUT2D eigenvalue weighted by Crippen LogP contribution is 2.20. The molecule has 6 nitrogen and oxygen atoms in total. The van der Waals surface area contributed by atoms with Crippen LogP contribution in [0.5, 0.6) is 5.75 Å². The van der Waals surface area contributed by atoms with Gasteiger partial charge in [0, 0.05) is 26.2 Å². The highest BCUT2D eigenvalue weighted by atomic mass is 16.6. The Labute approximate surface area is 148 Å². The average molecular weight is 340 g/mol. The van der Waals surface area contributed by atoms with Gasteiger partial charge in [-0.05, 0) is 30.5 Å². The molecule has 1 saturated heterocycles. The number of nitrogens with zero attached hydrogens (tertiary/aromatic N) is 4. The third-order valence-electron chi connectivity index (χ3n) is 4.38. The summed E-state index contributed by atoms with van der Waals surface area (Å²) in [6.07, 6.45) is 3.24. The number of ether oxygens (including phenoxy) is 1. The minimum absolute atomic E-state index is 0.299. The first-order chi connectivity index (χ1) is 12.0. The Balaban J connectivity index is 1.53. The Morgan fingerprint density at radius 2 is 1.72 bits per heavy atom. The highest BCUT2D eigenvalue weighted by Gasteiger charge is 2.23. The van der Waals surface area contributed by atoms with E-state index in [4.69, 9.17) is 4.74 Å². The maximum atomic E-state index is 12.3. The molecule has 0 N–H and O–H groups in total. The first-order valence-electron chi connectivity index (χ1n) is 8.63. The smallest absolute Gasteiger partial charge is 0.410 e. The van der Waals surface area contributed by atoms with Gasteiger partial charge in [0.2, 0.25) is 0 Å². The van der Waals surface area contributed by atoms with Crippen LogP contribution in [0.2, 0.25) is 0 Å². The lowest BCUT2D eigenvalue weighted by molar-refractivity contribution is 0.149. The zero-order valence-electron chi connectivity index (χ0n) is 15.0. The van der Waals surface area contributed by atoms with Gasteiger partial charge < -0.3 is 14.5 Å². The second-order valence-corrected chi connectivity index (χ2v) is 6.58. The first kappa shape index (κ1) is 17.2. The number of aromatic nitrogens is 2. The van der Waals surface area contributed by atoms with Crippen molar-refractivity contribution in [3.63, 3.8) is 0 Å². The molecule has 0 aliphatic carbocycles. The molecular weight excluding hydrogens is 316 g/mol. The number of rotatable bonds is 3. The predicted octanol–water partition coefficient (Wildman–Crippen LogP) is 3.23. The van der Waals surface area contributed by atoms with Gasteiger partial charge >= 0.3 is 6.09 Å². The van der Waals surface area contributed by atoms with E-state index in [2.05, 4.69) is 28.7 Å². The van der Waals surface area contributed by atoms with Gasteiger partial charge in [0.15, 0.2) is 0 Å². The van der Waals surface area contributed by atoms with Crippen molar-refractivity contribution in [3.05, 3.63) is 47.9 Å². The summed E-state index contributed by atoms with van der Waals surface area (Å²) >= 11 is 0. The van der Waals surface area contributed by atoms with Crippen LogP contribution in [0.15, 0.2) is 36.7 Å². The van der Waals surface area contributed by atoms with Gasteiger partial charge in [-0.25, -0.2) is 9.78 Å². The number of carbonyl (C=O) groups excluding carboxylic acids is 1. The van der Waals surface area contributed by atoms with Crippen LogP contribution in [0.25, 0.3) is 0 Å². The summed E-state index contributed by atoms with van der Waals surface area (Å²) in [7, 11) is 0. The van der Waals surface area contributed by atoms with Crippen molar-refractivity contribution >= 4 is 11.9 Å². The van der Waals surface area contributed by atoms with E-state index < -0.39 is 0 Å². The van der Waals surface area contributed by atoms with Crippen LogP contribution in [0.4, 0.5) is 10.6 Å². The third-order valence-corrected chi connectivity index (χ3v) is 4.38. The fourth-order valence-electron chi connectivity index (χ4n) is 2.75. The monoisotopic (exact) mass is 340 g/mol. The number of carbonyl (C=O) groups is 1. The van der Waals surface area contributed by atoms with Gasteiger partial charge in [0.05, 0.1) is 18.1 Å². The standard InChI is InChI=1S/C19H24N4O2/c1-14(2)16-4-6-17(7-5-16)25-19(24)23-10-8-22(9-11-23)18-13-20-15(3)12-21-18/h4-7,12-14H,8-11H2,1-3H3. The molecular formula is C19H24N4O2. The quantitative estimate of drug-likeness (QED) is 0.858. The Hall–Kier alpha value is -2.63. The molecule has 25 heavy (non-hydrogen) atoms. The third kappa shape index (κ3) is 4.26. The second kappa shape index (κ2) is 7.51. The summed E-state index contributed by atoms with van der Waals surface area (Å²) in [5.74, 6) is 1.90. The first-order valence-corrected chi connectivity index (χ1v) is 8.63. The lowest BCUT2D eigenvalue weighted by Gasteiger charge is -2.34.